The van der Waals surface area contributed by atoms with Crippen LogP contribution in [-0.4, -0.2) is 44.2 Å². The van der Waals surface area contributed by atoms with Gasteiger partial charge < -0.3 is 30.0 Å². The smallest absolute Gasteiger partial charge is 0.339 e. The van der Waals surface area contributed by atoms with Gasteiger partial charge >= 0.3 is 5.97 Å². The van der Waals surface area contributed by atoms with Gasteiger partial charge in [0.2, 0.25) is 0 Å². The number of anilines is 1. The predicted octanol–water partition coefficient (Wildman–Crippen LogP) is 2.14. The summed E-state index contributed by atoms with van der Waals surface area (Å²) in [6.45, 7) is 3.40. The number of ether oxygens (including phenoxy) is 4. The minimum Gasteiger partial charge on any atom is -0.493 e. The maximum Gasteiger partial charge on any atom is 0.339 e. The van der Waals surface area contributed by atoms with Crippen molar-refractivity contribution in [2.45, 2.75) is 20.0 Å². The Balaban J connectivity index is 2.04. The number of para-hydroxylation sites is 2. The molecule has 2 aromatic carbocycles. The summed E-state index contributed by atoms with van der Waals surface area (Å²) < 4.78 is 21.1. The summed E-state index contributed by atoms with van der Waals surface area (Å²) in [5, 5.41) is 2.68. The van der Waals surface area contributed by atoms with Gasteiger partial charge in [0, 0.05) is 0 Å². The van der Waals surface area contributed by atoms with Crippen LogP contribution >= 0.6 is 0 Å². The highest BCUT2D eigenvalue weighted by atomic mass is 16.5. The number of carbonyl (C=O) groups is 3. The number of esters is 1. The van der Waals surface area contributed by atoms with Crippen LogP contribution in [0, 0.1) is 0 Å². The molecule has 0 aliphatic heterocycles. The number of hydrogen-bond donors (Lipinski definition) is 2. The molecule has 0 saturated heterocycles. The van der Waals surface area contributed by atoms with E-state index in [2.05, 4.69) is 5.32 Å². The van der Waals surface area contributed by atoms with Crippen molar-refractivity contribution in [2.75, 3.05) is 25.6 Å². The molecule has 2 amide bonds. The van der Waals surface area contributed by atoms with Crippen LogP contribution < -0.4 is 25.3 Å². The Hall–Kier alpha value is -3.75. The molecule has 0 aliphatic carbocycles. The van der Waals surface area contributed by atoms with E-state index in [1.54, 1.807) is 24.3 Å². The molecule has 160 valence electrons. The number of nitrogens with one attached hydrogen (secondary N) is 1. The molecule has 9 nitrogen and oxygen atoms in total. The quantitative estimate of drug-likeness (QED) is 0.568. The summed E-state index contributed by atoms with van der Waals surface area (Å²) in [5.74, 6) is -0.909. The van der Waals surface area contributed by atoms with Crippen LogP contribution in [0.2, 0.25) is 0 Å². The zero-order valence-electron chi connectivity index (χ0n) is 17.0. The molecule has 2 aromatic rings. The third kappa shape index (κ3) is 6.13. The molecule has 1 unspecified atom stereocenters. The lowest BCUT2D eigenvalue weighted by Gasteiger charge is -2.16. The first-order valence-corrected chi connectivity index (χ1v) is 9.18. The largest absolute Gasteiger partial charge is 0.493 e. The number of amides is 2. The van der Waals surface area contributed by atoms with Crippen LogP contribution in [0.25, 0.3) is 0 Å². The summed E-state index contributed by atoms with van der Waals surface area (Å²) in [5.41, 5.74) is 5.67. The van der Waals surface area contributed by atoms with E-state index in [0.717, 1.165) is 0 Å². The van der Waals surface area contributed by atoms with Gasteiger partial charge in [-0.05, 0) is 44.2 Å². The molecular weight excluding hydrogens is 392 g/mol. The van der Waals surface area contributed by atoms with E-state index in [-0.39, 0.29) is 23.7 Å². The SMILES string of the molecule is CCOc1ccccc1NC(=O)C(C)OC(=O)c1ccc(OCC(N)=O)c(OC)c1. The fourth-order valence-corrected chi connectivity index (χ4v) is 2.43. The third-order valence-electron chi connectivity index (χ3n) is 3.87. The topological polar surface area (TPSA) is 126 Å². The minimum atomic E-state index is -1.07. The van der Waals surface area contributed by atoms with Crippen molar-refractivity contribution in [3.05, 3.63) is 48.0 Å². The third-order valence-corrected chi connectivity index (χ3v) is 3.87. The number of primary amides is 1. The number of rotatable bonds is 10. The zero-order valence-corrected chi connectivity index (χ0v) is 17.0. The first-order chi connectivity index (χ1) is 14.3. The summed E-state index contributed by atoms with van der Waals surface area (Å²) in [4.78, 5) is 35.7. The molecule has 30 heavy (non-hydrogen) atoms. The predicted molar refractivity (Wildman–Crippen MR) is 109 cm³/mol. The molecule has 0 fully saturated rings. The number of benzene rings is 2. The van der Waals surface area contributed by atoms with Crippen molar-refractivity contribution in [1.29, 1.82) is 0 Å². The second kappa shape index (κ2) is 10.7. The molecule has 9 heteroatoms. The Kier molecular flexibility index (Phi) is 8.04. The zero-order chi connectivity index (χ0) is 22.1. The summed E-state index contributed by atoms with van der Waals surface area (Å²) >= 11 is 0. The molecule has 1 atom stereocenters. The Labute approximate surface area is 174 Å². The monoisotopic (exact) mass is 416 g/mol. The second-order valence-corrected chi connectivity index (χ2v) is 6.09. The van der Waals surface area contributed by atoms with Crippen LogP contribution in [0.1, 0.15) is 24.2 Å². The van der Waals surface area contributed by atoms with Gasteiger partial charge in [0.25, 0.3) is 11.8 Å². The van der Waals surface area contributed by atoms with Gasteiger partial charge in [0.05, 0.1) is 25.0 Å². The van der Waals surface area contributed by atoms with Crippen molar-refractivity contribution in [1.82, 2.24) is 0 Å². The number of hydrogen-bond acceptors (Lipinski definition) is 7. The van der Waals surface area contributed by atoms with Crippen LogP contribution in [0.3, 0.4) is 0 Å². The molecule has 2 rings (SSSR count). The lowest BCUT2D eigenvalue weighted by molar-refractivity contribution is -0.123. The van der Waals surface area contributed by atoms with E-state index < -0.39 is 23.9 Å². The van der Waals surface area contributed by atoms with Crippen molar-refractivity contribution in [2.24, 2.45) is 5.73 Å². The summed E-state index contributed by atoms with van der Waals surface area (Å²) in [6, 6.07) is 11.2. The first kappa shape index (κ1) is 22.5. The van der Waals surface area contributed by atoms with Crippen LogP contribution in [0.15, 0.2) is 42.5 Å². The van der Waals surface area contributed by atoms with Crippen LogP contribution in [-0.2, 0) is 14.3 Å². The van der Waals surface area contributed by atoms with E-state index in [0.29, 0.717) is 18.0 Å². The summed E-state index contributed by atoms with van der Waals surface area (Å²) in [6.07, 6.45) is -1.07. The van der Waals surface area contributed by atoms with E-state index in [1.807, 2.05) is 6.92 Å². The molecule has 0 heterocycles. The standard InChI is InChI=1S/C21H24N2O7/c1-4-28-16-8-6-5-7-15(16)23-20(25)13(2)30-21(26)14-9-10-17(18(11-14)27-3)29-12-19(22)24/h5-11,13H,4,12H2,1-3H3,(H2,22,24)(H,23,25). The molecule has 0 saturated carbocycles. The van der Waals surface area contributed by atoms with Crippen LogP contribution in [0.5, 0.6) is 17.2 Å². The van der Waals surface area contributed by atoms with Gasteiger partial charge in [-0.25, -0.2) is 4.79 Å². The van der Waals surface area contributed by atoms with E-state index in [1.165, 1.54) is 32.2 Å². The molecule has 0 aliphatic rings. The van der Waals surface area contributed by atoms with Crippen LogP contribution in [0.4, 0.5) is 5.69 Å². The molecule has 3 N–H and O–H groups in total. The number of nitrogens with two attached hydrogens (primary N) is 1. The highest BCUT2D eigenvalue weighted by Crippen LogP contribution is 2.28. The van der Waals surface area contributed by atoms with Gasteiger partial charge in [-0.3, -0.25) is 9.59 Å². The van der Waals surface area contributed by atoms with Gasteiger partial charge in [-0.2, -0.15) is 0 Å². The average Bonchev–Trinajstić information content (AvgIpc) is 2.73. The Morgan fingerprint density at radius 3 is 2.43 bits per heavy atom. The Bertz CT molecular complexity index is 914. The first-order valence-electron chi connectivity index (χ1n) is 9.18. The lowest BCUT2D eigenvalue weighted by atomic mass is 10.2. The molecule has 0 radical (unpaired) electrons. The van der Waals surface area contributed by atoms with Gasteiger partial charge in [0.1, 0.15) is 5.75 Å². The van der Waals surface area contributed by atoms with Crippen molar-refractivity contribution < 1.29 is 33.3 Å². The highest BCUT2D eigenvalue weighted by Gasteiger charge is 2.21. The van der Waals surface area contributed by atoms with Crippen molar-refractivity contribution in [3.8, 4) is 17.2 Å². The number of carbonyl (C=O) groups excluding carboxylic acids is 3. The van der Waals surface area contributed by atoms with Gasteiger partial charge in [0.15, 0.2) is 24.2 Å². The molecule has 0 spiro atoms. The Morgan fingerprint density at radius 2 is 1.77 bits per heavy atom. The lowest BCUT2D eigenvalue weighted by Crippen LogP contribution is -2.30. The van der Waals surface area contributed by atoms with Gasteiger partial charge in [-0.1, -0.05) is 12.1 Å². The summed E-state index contributed by atoms with van der Waals surface area (Å²) in [7, 11) is 1.38. The van der Waals surface area contributed by atoms with E-state index in [9.17, 15) is 14.4 Å². The molecule has 0 aromatic heterocycles. The van der Waals surface area contributed by atoms with Crippen molar-refractivity contribution in [3.63, 3.8) is 0 Å². The van der Waals surface area contributed by atoms with E-state index >= 15 is 0 Å². The second-order valence-electron chi connectivity index (χ2n) is 6.09. The fourth-order valence-electron chi connectivity index (χ4n) is 2.43. The average molecular weight is 416 g/mol. The highest BCUT2D eigenvalue weighted by molar-refractivity contribution is 5.98. The van der Waals surface area contributed by atoms with E-state index in [4.69, 9.17) is 24.7 Å². The Morgan fingerprint density at radius 1 is 1.03 bits per heavy atom. The molecular formula is C21H24N2O7. The minimum absolute atomic E-state index is 0.146. The van der Waals surface area contributed by atoms with Crippen molar-refractivity contribution >= 4 is 23.5 Å². The number of methoxy groups -OCH3 is 1. The normalized spacial score (nSPS) is 11.2. The maximum atomic E-state index is 12.4. The fraction of sp³-hybridized carbons (Fsp3) is 0.286. The maximum absolute atomic E-state index is 12.4. The van der Waals surface area contributed by atoms with Gasteiger partial charge in [-0.15, -0.1) is 0 Å². The molecule has 0 bridgehead atoms.